The van der Waals surface area contributed by atoms with Gasteiger partial charge in [-0.2, -0.15) is 0 Å². The van der Waals surface area contributed by atoms with Gasteiger partial charge in [-0.25, -0.2) is 0 Å². The van der Waals surface area contributed by atoms with Gasteiger partial charge in [0.05, 0.1) is 22.3 Å². The lowest BCUT2D eigenvalue weighted by Crippen LogP contribution is -2.14. The molecule has 1 atom stereocenters. The fraction of sp³-hybridized carbons (Fsp3) is 0.364. The molecule has 0 heterocycles. The molecule has 0 saturated heterocycles. The average molecular weight is 256 g/mol. The number of benzene rings is 1. The van der Waals surface area contributed by atoms with Gasteiger partial charge in [-0.05, 0) is 25.1 Å². The Hall–Kier alpha value is -1.56. The molecule has 0 aliphatic heterocycles. The summed E-state index contributed by atoms with van der Waals surface area (Å²) in [6.45, 7) is 2.39. The molecule has 1 unspecified atom stereocenters. The molecule has 0 saturated carbocycles. The van der Waals surface area contributed by atoms with Crippen molar-refractivity contribution in [2.45, 2.75) is 18.2 Å². The van der Waals surface area contributed by atoms with Crippen LogP contribution < -0.4 is 16.2 Å². The molecule has 0 radical (unpaired) electrons. The molecule has 1 rings (SSSR count). The Morgan fingerprint density at radius 3 is 2.76 bits per heavy atom. The molecule has 1 aromatic carbocycles. The lowest BCUT2D eigenvalue weighted by atomic mass is 10.3. The molecule has 4 N–H and O–H groups in total. The van der Waals surface area contributed by atoms with Crippen LogP contribution in [-0.4, -0.2) is 22.5 Å². The van der Waals surface area contributed by atoms with Gasteiger partial charge in [-0.1, -0.05) is 0 Å². The first-order valence-electron chi connectivity index (χ1n) is 5.23. The second-order valence-corrected chi connectivity index (χ2v) is 4.94. The highest BCUT2D eigenvalue weighted by Crippen LogP contribution is 2.23. The monoisotopic (exact) mass is 256 g/mol. The predicted octanol–water partition coefficient (Wildman–Crippen LogP) is 0.651. The maximum absolute atomic E-state index is 11.9. The van der Waals surface area contributed by atoms with Gasteiger partial charge >= 0.3 is 0 Å². The molecule has 1 amide bonds. The molecule has 6 heteroatoms. The first-order valence-corrected chi connectivity index (χ1v) is 6.55. The van der Waals surface area contributed by atoms with E-state index in [4.69, 9.17) is 16.2 Å². The summed E-state index contributed by atoms with van der Waals surface area (Å²) >= 11 is 0. The van der Waals surface area contributed by atoms with E-state index in [1.165, 1.54) is 0 Å². The van der Waals surface area contributed by atoms with Crippen LogP contribution in [0.2, 0.25) is 0 Å². The van der Waals surface area contributed by atoms with Crippen LogP contribution in [0.25, 0.3) is 0 Å². The summed E-state index contributed by atoms with van der Waals surface area (Å²) in [5, 5.41) is 0. The van der Waals surface area contributed by atoms with E-state index in [2.05, 4.69) is 0 Å². The maximum atomic E-state index is 11.9. The minimum atomic E-state index is -1.34. The lowest BCUT2D eigenvalue weighted by molar-refractivity contribution is -0.117. The molecule has 0 aliphatic rings. The number of rotatable bonds is 6. The number of hydrogen-bond acceptors (Lipinski definition) is 4. The van der Waals surface area contributed by atoms with Crippen molar-refractivity contribution < 1.29 is 13.7 Å². The van der Waals surface area contributed by atoms with Gasteiger partial charge in [0.15, 0.2) is 0 Å². The third kappa shape index (κ3) is 4.07. The molecule has 0 aliphatic carbocycles. The van der Waals surface area contributed by atoms with E-state index >= 15 is 0 Å². The van der Waals surface area contributed by atoms with Gasteiger partial charge in [-0.15, -0.1) is 0 Å². The number of ether oxygens (including phenoxy) is 1. The SMILES string of the molecule is CCOc1ccc(N)c(S(=O)CCC(N)=O)c1. The molecule has 1 aromatic rings. The molecule has 5 nitrogen and oxygen atoms in total. The van der Waals surface area contributed by atoms with E-state index in [-0.39, 0.29) is 12.2 Å². The second-order valence-electron chi connectivity index (χ2n) is 3.40. The number of carbonyl (C=O) groups excluding carboxylic acids is 1. The third-order valence-corrected chi connectivity index (χ3v) is 3.49. The minimum Gasteiger partial charge on any atom is -0.494 e. The van der Waals surface area contributed by atoms with Gasteiger partial charge in [0.1, 0.15) is 5.75 Å². The quantitative estimate of drug-likeness (QED) is 0.730. The Morgan fingerprint density at radius 2 is 2.18 bits per heavy atom. The van der Waals surface area contributed by atoms with Crippen LogP contribution in [0.3, 0.4) is 0 Å². The Kier molecular flexibility index (Phi) is 4.96. The highest BCUT2D eigenvalue weighted by molar-refractivity contribution is 7.85. The van der Waals surface area contributed by atoms with E-state index in [0.29, 0.717) is 22.9 Å². The summed E-state index contributed by atoms with van der Waals surface area (Å²) in [7, 11) is -1.34. The highest BCUT2D eigenvalue weighted by Gasteiger charge is 2.10. The number of amides is 1. The van der Waals surface area contributed by atoms with Crippen molar-refractivity contribution in [1.29, 1.82) is 0 Å². The number of nitrogens with two attached hydrogens (primary N) is 2. The molecule has 0 fully saturated rings. The highest BCUT2D eigenvalue weighted by atomic mass is 32.2. The summed E-state index contributed by atoms with van der Waals surface area (Å²) in [4.78, 5) is 11.1. The van der Waals surface area contributed by atoms with Crippen LogP contribution in [0, 0.1) is 0 Å². The number of carbonyl (C=O) groups is 1. The third-order valence-electron chi connectivity index (χ3n) is 2.08. The zero-order valence-corrected chi connectivity index (χ0v) is 10.5. The van der Waals surface area contributed by atoms with Crippen molar-refractivity contribution in [2.75, 3.05) is 18.1 Å². The van der Waals surface area contributed by atoms with Gasteiger partial charge in [0, 0.05) is 17.9 Å². The zero-order valence-electron chi connectivity index (χ0n) is 9.64. The molecular weight excluding hydrogens is 240 g/mol. The zero-order chi connectivity index (χ0) is 12.8. The number of primary amides is 1. The predicted molar refractivity (Wildman–Crippen MR) is 67.1 cm³/mol. The van der Waals surface area contributed by atoms with E-state index < -0.39 is 16.7 Å². The number of hydrogen-bond donors (Lipinski definition) is 2. The first kappa shape index (κ1) is 13.5. The van der Waals surface area contributed by atoms with E-state index in [1.807, 2.05) is 6.92 Å². The summed E-state index contributed by atoms with van der Waals surface area (Å²) in [6.07, 6.45) is 0.0743. The molecule has 0 bridgehead atoms. The summed E-state index contributed by atoms with van der Waals surface area (Å²) in [5.41, 5.74) is 11.2. The Bertz CT molecular complexity index is 435. The van der Waals surface area contributed by atoms with Crippen LogP contribution in [0.5, 0.6) is 5.75 Å². The minimum absolute atomic E-state index is 0.0743. The van der Waals surface area contributed by atoms with Crippen molar-refractivity contribution in [1.82, 2.24) is 0 Å². The van der Waals surface area contributed by atoms with Crippen molar-refractivity contribution in [3.05, 3.63) is 18.2 Å². The normalized spacial score (nSPS) is 12.1. The maximum Gasteiger partial charge on any atom is 0.218 e. The molecular formula is C11H16N2O3S. The van der Waals surface area contributed by atoms with Gasteiger partial charge < -0.3 is 16.2 Å². The fourth-order valence-corrected chi connectivity index (χ4v) is 2.46. The average Bonchev–Trinajstić information content (AvgIpc) is 2.29. The van der Waals surface area contributed by atoms with Gasteiger partial charge in [0.2, 0.25) is 5.91 Å². The second kappa shape index (κ2) is 6.24. The van der Waals surface area contributed by atoms with E-state index in [9.17, 15) is 9.00 Å². The van der Waals surface area contributed by atoms with Crippen LogP contribution in [0.4, 0.5) is 5.69 Å². The standard InChI is InChI=1S/C11H16N2O3S/c1-2-16-8-3-4-9(12)10(7-8)17(15)6-5-11(13)14/h3-4,7H,2,5-6,12H2,1H3,(H2,13,14). The van der Waals surface area contributed by atoms with Crippen molar-refractivity contribution in [2.24, 2.45) is 5.73 Å². The molecule has 0 aromatic heterocycles. The molecule has 94 valence electrons. The lowest BCUT2D eigenvalue weighted by Gasteiger charge is -2.08. The Labute approximate surface area is 103 Å². The Morgan fingerprint density at radius 1 is 1.47 bits per heavy atom. The number of anilines is 1. The van der Waals surface area contributed by atoms with Crippen molar-refractivity contribution in [3.8, 4) is 5.75 Å². The van der Waals surface area contributed by atoms with Crippen molar-refractivity contribution in [3.63, 3.8) is 0 Å². The van der Waals surface area contributed by atoms with Crippen LogP contribution in [-0.2, 0) is 15.6 Å². The number of nitrogen functional groups attached to an aromatic ring is 1. The first-order chi connectivity index (χ1) is 8.04. The Balaban J connectivity index is 2.83. The summed E-state index contributed by atoms with van der Waals surface area (Å²) < 4.78 is 17.2. The summed E-state index contributed by atoms with van der Waals surface area (Å²) in [6, 6.07) is 4.99. The van der Waals surface area contributed by atoms with Gasteiger partial charge in [-0.3, -0.25) is 9.00 Å². The van der Waals surface area contributed by atoms with Gasteiger partial charge in [0.25, 0.3) is 0 Å². The summed E-state index contributed by atoms with van der Waals surface area (Å²) in [5.74, 6) is 0.316. The van der Waals surface area contributed by atoms with Crippen LogP contribution in [0.15, 0.2) is 23.1 Å². The smallest absolute Gasteiger partial charge is 0.218 e. The van der Waals surface area contributed by atoms with Crippen molar-refractivity contribution >= 4 is 22.4 Å². The topological polar surface area (TPSA) is 95.4 Å². The van der Waals surface area contributed by atoms with Crippen LogP contribution in [0.1, 0.15) is 13.3 Å². The van der Waals surface area contributed by atoms with Crippen LogP contribution >= 0.6 is 0 Å². The van der Waals surface area contributed by atoms with E-state index in [0.717, 1.165) is 0 Å². The largest absolute Gasteiger partial charge is 0.494 e. The molecule has 0 spiro atoms. The fourth-order valence-electron chi connectivity index (χ4n) is 1.27. The molecule has 17 heavy (non-hydrogen) atoms. The van der Waals surface area contributed by atoms with E-state index in [1.54, 1.807) is 18.2 Å².